The lowest BCUT2D eigenvalue weighted by atomic mass is 10.1. The summed E-state index contributed by atoms with van der Waals surface area (Å²) in [6.07, 6.45) is 1.20. The molecular weight excluding hydrogens is 420 g/mol. The summed E-state index contributed by atoms with van der Waals surface area (Å²) in [6.45, 7) is 1.89. The highest BCUT2D eigenvalue weighted by Crippen LogP contribution is 2.33. The minimum Gasteiger partial charge on any atom is -0.479 e. The zero-order valence-electron chi connectivity index (χ0n) is 17.0. The third-order valence-electron chi connectivity index (χ3n) is 5.05. The van der Waals surface area contributed by atoms with Gasteiger partial charge in [-0.15, -0.1) is 0 Å². The van der Waals surface area contributed by atoms with E-state index in [2.05, 4.69) is 15.6 Å². The van der Waals surface area contributed by atoms with Crippen LogP contribution in [-0.4, -0.2) is 38.9 Å². The van der Waals surface area contributed by atoms with Gasteiger partial charge >= 0.3 is 0 Å². The zero-order chi connectivity index (χ0) is 22.0. The van der Waals surface area contributed by atoms with Gasteiger partial charge in [-0.2, -0.15) is 0 Å². The summed E-state index contributed by atoms with van der Waals surface area (Å²) in [5.74, 6) is 0.104. The van der Waals surface area contributed by atoms with Gasteiger partial charge in [0, 0.05) is 19.0 Å². The number of amides is 2. The molecule has 1 saturated carbocycles. The van der Waals surface area contributed by atoms with E-state index in [9.17, 15) is 18.0 Å². The fourth-order valence-electron chi connectivity index (χ4n) is 3.21. The number of fused-ring (bicyclic) bond motifs is 1. The number of benzene rings is 2. The van der Waals surface area contributed by atoms with Crippen molar-refractivity contribution in [2.24, 2.45) is 0 Å². The Hall–Kier alpha value is -3.11. The van der Waals surface area contributed by atoms with Gasteiger partial charge in [0.2, 0.25) is 15.9 Å². The van der Waals surface area contributed by atoms with E-state index in [0.717, 1.165) is 12.8 Å². The Morgan fingerprint density at radius 2 is 1.84 bits per heavy atom. The van der Waals surface area contributed by atoms with Crippen LogP contribution in [0.2, 0.25) is 0 Å². The third kappa shape index (κ3) is 4.97. The fourth-order valence-corrected chi connectivity index (χ4v) is 4.52. The van der Waals surface area contributed by atoms with Crippen molar-refractivity contribution in [3.8, 4) is 5.75 Å². The molecule has 1 heterocycles. The van der Waals surface area contributed by atoms with Crippen LogP contribution in [0.4, 0.5) is 11.4 Å². The van der Waals surface area contributed by atoms with E-state index >= 15 is 0 Å². The number of nitrogens with one attached hydrogen (secondary N) is 3. The van der Waals surface area contributed by atoms with Crippen molar-refractivity contribution in [3.63, 3.8) is 0 Å². The second-order valence-corrected chi connectivity index (χ2v) is 9.27. The average molecular weight is 445 g/mol. The fraction of sp³-hybridized carbons (Fsp3) is 0.333. The summed E-state index contributed by atoms with van der Waals surface area (Å²) >= 11 is 0. The van der Waals surface area contributed by atoms with Crippen LogP contribution in [0.25, 0.3) is 0 Å². The van der Waals surface area contributed by atoms with Crippen molar-refractivity contribution in [1.82, 2.24) is 10.1 Å². The van der Waals surface area contributed by atoms with E-state index < -0.39 is 16.1 Å². The normalized spacial score (nSPS) is 18.2. The molecule has 2 aliphatic rings. The van der Waals surface area contributed by atoms with E-state index in [4.69, 9.17) is 4.74 Å². The molecule has 0 radical (unpaired) electrons. The minimum atomic E-state index is -3.51. The van der Waals surface area contributed by atoms with Crippen LogP contribution < -0.4 is 25.2 Å². The molecule has 9 nitrogen and oxygen atoms in total. The maximum atomic E-state index is 12.5. The highest BCUT2D eigenvalue weighted by molar-refractivity contribution is 7.89. The number of anilines is 2. The Kier molecular flexibility index (Phi) is 5.84. The Labute approximate surface area is 180 Å². The van der Waals surface area contributed by atoms with Gasteiger partial charge < -0.3 is 9.64 Å². The van der Waals surface area contributed by atoms with Gasteiger partial charge in [-0.3, -0.25) is 20.4 Å². The summed E-state index contributed by atoms with van der Waals surface area (Å²) in [6, 6.07) is 13.3. The Morgan fingerprint density at radius 3 is 2.55 bits per heavy atom. The molecule has 1 aliphatic carbocycles. The summed E-state index contributed by atoms with van der Waals surface area (Å²) < 4.78 is 32.6. The molecule has 2 amide bonds. The number of hydrazine groups is 1. The molecule has 4 rings (SSSR count). The van der Waals surface area contributed by atoms with Crippen LogP contribution in [0.1, 0.15) is 26.2 Å². The molecule has 1 aliphatic heterocycles. The van der Waals surface area contributed by atoms with Crippen molar-refractivity contribution < 1.29 is 22.7 Å². The van der Waals surface area contributed by atoms with E-state index in [1.165, 1.54) is 12.1 Å². The highest BCUT2D eigenvalue weighted by atomic mass is 32.2. The number of hydrogen-bond acceptors (Lipinski definition) is 6. The molecule has 0 saturated heterocycles. The second-order valence-electron chi connectivity index (χ2n) is 7.56. The number of sulfonamides is 1. The van der Waals surface area contributed by atoms with Crippen molar-refractivity contribution in [2.45, 2.75) is 43.2 Å². The third-order valence-corrected chi connectivity index (χ3v) is 6.58. The summed E-state index contributed by atoms with van der Waals surface area (Å²) in [7, 11) is -3.51. The van der Waals surface area contributed by atoms with Crippen molar-refractivity contribution in [2.75, 3.05) is 16.9 Å². The average Bonchev–Trinajstić information content (AvgIpc) is 3.56. The first-order chi connectivity index (χ1) is 14.8. The SMILES string of the molecule is CC1Oc2ccccc2N(CCC(=O)NNc2ccc(S(=O)(=O)NC3CC3)cc2)C1=O. The van der Waals surface area contributed by atoms with Gasteiger partial charge in [0.1, 0.15) is 5.75 Å². The van der Waals surface area contributed by atoms with E-state index in [0.29, 0.717) is 17.1 Å². The number of carbonyl (C=O) groups is 2. The number of carbonyl (C=O) groups excluding carboxylic acids is 2. The molecule has 0 spiro atoms. The van der Waals surface area contributed by atoms with Crippen LogP contribution in [0.3, 0.4) is 0 Å². The molecule has 3 N–H and O–H groups in total. The molecule has 1 atom stereocenters. The molecule has 2 aromatic carbocycles. The summed E-state index contributed by atoms with van der Waals surface area (Å²) in [4.78, 5) is 26.5. The summed E-state index contributed by atoms with van der Waals surface area (Å²) in [5, 5.41) is 0. The molecule has 31 heavy (non-hydrogen) atoms. The standard InChI is InChI=1S/C21H24N4O5S/c1-14-21(27)25(18-4-2-3-5-19(18)30-14)13-12-20(26)23-22-15-8-10-17(11-9-15)31(28,29)24-16-6-7-16/h2-5,8-11,14,16,22,24H,6-7,12-13H2,1H3,(H,23,26). The lowest BCUT2D eigenvalue weighted by Gasteiger charge is -2.32. The first kappa shape index (κ1) is 21.1. The smallest absolute Gasteiger partial charge is 0.267 e. The number of rotatable bonds is 8. The second kappa shape index (κ2) is 8.56. The molecule has 0 bridgehead atoms. The number of hydrogen-bond donors (Lipinski definition) is 3. The van der Waals surface area contributed by atoms with Gasteiger partial charge in [-0.1, -0.05) is 12.1 Å². The Bertz CT molecular complexity index is 1080. The van der Waals surface area contributed by atoms with Crippen LogP contribution in [-0.2, 0) is 19.6 Å². The van der Waals surface area contributed by atoms with Crippen LogP contribution in [0.5, 0.6) is 5.75 Å². The maximum Gasteiger partial charge on any atom is 0.267 e. The quantitative estimate of drug-likeness (QED) is 0.535. The van der Waals surface area contributed by atoms with Gasteiger partial charge in [-0.25, -0.2) is 13.1 Å². The van der Waals surface area contributed by atoms with Crippen LogP contribution >= 0.6 is 0 Å². The molecular formula is C21H24N4O5S. The molecule has 0 aromatic heterocycles. The Morgan fingerprint density at radius 1 is 1.13 bits per heavy atom. The van der Waals surface area contributed by atoms with E-state index in [1.807, 2.05) is 12.1 Å². The van der Waals surface area contributed by atoms with Crippen LogP contribution in [0.15, 0.2) is 53.4 Å². The van der Waals surface area contributed by atoms with Gasteiger partial charge in [0.05, 0.1) is 16.3 Å². The first-order valence-electron chi connectivity index (χ1n) is 10.1. The topological polar surface area (TPSA) is 117 Å². The molecule has 10 heteroatoms. The Balaban J connectivity index is 1.30. The van der Waals surface area contributed by atoms with E-state index in [1.54, 1.807) is 36.1 Å². The maximum absolute atomic E-state index is 12.5. The largest absolute Gasteiger partial charge is 0.479 e. The minimum absolute atomic E-state index is 0.0374. The number of ether oxygens (including phenoxy) is 1. The zero-order valence-corrected chi connectivity index (χ0v) is 17.8. The van der Waals surface area contributed by atoms with Gasteiger partial charge in [0.15, 0.2) is 6.10 Å². The lowest BCUT2D eigenvalue weighted by Crippen LogP contribution is -2.46. The first-order valence-corrected chi connectivity index (χ1v) is 11.6. The number of nitrogens with zero attached hydrogens (tertiary/aromatic N) is 1. The molecule has 164 valence electrons. The predicted octanol–water partition coefficient (Wildman–Crippen LogP) is 1.77. The van der Waals surface area contributed by atoms with E-state index in [-0.39, 0.29) is 35.7 Å². The number of para-hydroxylation sites is 2. The molecule has 2 aromatic rings. The van der Waals surface area contributed by atoms with Gasteiger partial charge in [-0.05, 0) is 56.2 Å². The van der Waals surface area contributed by atoms with Gasteiger partial charge in [0.25, 0.3) is 5.91 Å². The van der Waals surface area contributed by atoms with Crippen LogP contribution in [0, 0.1) is 0 Å². The van der Waals surface area contributed by atoms with Crippen molar-refractivity contribution >= 4 is 33.2 Å². The highest BCUT2D eigenvalue weighted by Gasteiger charge is 2.31. The molecule has 1 unspecified atom stereocenters. The van der Waals surface area contributed by atoms with Crippen molar-refractivity contribution in [3.05, 3.63) is 48.5 Å². The van der Waals surface area contributed by atoms with Crippen molar-refractivity contribution in [1.29, 1.82) is 0 Å². The molecule has 1 fully saturated rings. The monoisotopic (exact) mass is 444 g/mol. The lowest BCUT2D eigenvalue weighted by molar-refractivity contribution is -0.125. The predicted molar refractivity (Wildman–Crippen MR) is 115 cm³/mol. The summed E-state index contributed by atoms with van der Waals surface area (Å²) in [5.41, 5.74) is 6.51.